The van der Waals surface area contributed by atoms with Gasteiger partial charge in [-0.15, -0.1) is 5.10 Å². The fourth-order valence-electron chi connectivity index (χ4n) is 2.16. The zero-order valence-electron chi connectivity index (χ0n) is 11.4. The third kappa shape index (κ3) is 2.38. The van der Waals surface area contributed by atoms with Gasteiger partial charge in [-0.05, 0) is 36.8 Å². The SMILES string of the molecule is Cc1ccc2c(c1)nnn2C(=O)c1ccccc1S(=O)(=O)[O-]. The number of hydrogen-bond donors (Lipinski definition) is 0. The molecule has 3 rings (SSSR count). The van der Waals surface area contributed by atoms with Gasteiger partial charge in [0.1, 0.15) is 15.6 Å². The molecular formula is C14H10N3O4S-. The van der Waals surface area contributed by atoms with E-state index in [-0.39, 0.29) is 5.56 Å². The quantitative estimate of drug-likeness (QED) is 0.660. The Morgan fingerprint density at radius 1 is 1.18 bits per heavy atom. The lowest BCUT2D eigenvalue weighted by molar-refractivity contribution is 0.0944. The van der Waals surface area contributed by atoms with Crippen LogP contribution >= 0.6 is 0 Å². The lowest BCUT2D eigenvalue weighted by atomic mass is 10.2. The molecule has 2 aromatic carbocycles. The van der Waals surface area contributed by atoms with Crippen molar-refractivity contribution in [3.8, 4) is 0 Å². The number of carbonyl (C=O) groups is 1. The smallest absolute Gasteiger partial charge is 0.281 e. The van der Waals surface area contributed by atoms with Gasteiger partial charge in [0.25, 0.3) is 5.91 Å². The van der Waals surface area contributed by atoms with Gasteiger partial charge in [-0.25, -0.2) is 8.42 Å². The summed E-state index contributed by atoms with van der Waals surface area (Å²) in [5, 5.41) is 7.64. The van der Waals surface area contributed by atoms with Gasteiger partial charge in [0, 0.05) is 0 Å². The predicted octanol–water partition coefficient (Wildman–Crippen LogP) is 1.33. The average Bonchev–Trinajstić information content (AvgIpc) is 2.88. The molecule has 0 unspecified atom stereocenters. The molecule has 0 spiro atoms. The second-order valence-corrected chi connectivity index (χ2v) is 6.10. The molecule has 0 bridgehead atoms. The van der Waals surface area contributed by atoms with E-state index in [0.29, 0.717) is 11.0 Å². The van der Waals surface area contributed by atoms with E-state index in [2.05, 4.69) is 10.3 Å². The van der Waals surface area contributed by atoms with Gasteiger partial charge in [-0.1, -0.05) is 23.4 Å². The first-order valence-electron chi connectivity index (χ1n) is 6.29. The maximum Gasteiger partial charge on any atom is 0.281 e. The molecule has 7 nitrogen and oxygen atoms in total. The van der Waals surface area contributed by atoms with Crippen LogP contribution < -0.4 is 0 Å². The summed E-state index contributed by atoms with van der Waals surface area (Å²) in [6.45, 7) is 1.87. The average molecular weight is 316 g/mol. The topological polar surface area (TPSA) is 105 Å². The Hall–Kier alpha value is -2.58. The number of hydrogen-bond acceptors (Lipinski definition) is 6. The summed E-state index contributed by atoms with van der Waals surface area (Å²) >= 11 is 0. The third-order valence-electron chi connectivity index (χ3n) is 3.18. The van der Waals surface area contributed by atoms with E-state index < -0.39 is 20.9 Å². The molecule has 112 valence electrons. The minimum Gasteiger partial charge on any atom is -0.744 e. The molecule has 0 aliphatic rings. The molecule has 0 aliphatic carbocycles. The van der Waals surface area contributed by atoms with Gasteiger partial charge in [-0.2, -0.15) is 4.68 Å². The van der Waals surface area contributed by atoms with Gasteiger partial charge >= 0.3 is 0 Å². The van der Waals surface area contributed by atoms with E-state index in [4.69, 9.17) is 0 Å². The first kappa shape index (κ1) is 14.4. The molecule has 8 heteroatoms. The number of rotatable bonds is 2. The van der Waals surface area contributed by atoms with Gasteiger partial charge in [-0.3, -0.25) is 4.79 Å². The zero-order valence-corrected chi connectivity index (χ0v) is 12.2. The van der Waals surface area contributed by atoms with E-state index in [9.17, 15) is 17.8 Å². The highest BCUT2D eigenvalue weighted by Crippen LogP contribution is 2.19. The van der Waals surface area contributed by atoms with E-state index in [1.165, 1.54) is 18.2 Å². The highest BCUT2D eigenvalue weighted by Gasteiger charge is 2.19. The molecule has 1 aromatic heterocycles. The lowest BCUT2D eigenvalue weighted by Crippen LogP contribution is -2.17. The largest absolute Gasteiger partial charge is 0.744 e. The van der Waals surface area contributed by atoms with Crippen LogP contribution in [0.3, 0.4) is 0 Å². The number of benzene rings is 2. The molecule has 3 aromatic rings. The Kier molecular flexibility index (Phi) is 3.27. The summed E-state index contributed by atoms with van der Waals surface area (Å²) in [6, 6.07) is 10.4. The molecule has 0 radical (unpaired) electrons. The van der Waals surface area contributed by atoms with Crippen molar-refractivity contribution >= 4 is 27.1 Å². The molecule has 0 saturated heterocycles. The van der Waals surface area contributed by atoms with Crippen molar-refractivity contribution in [3.63, 3.8) is 0 Å². The van der Waals surface area contributed by atoms with Crippen LogP contribution in [0.2, 0.25) is 0 Å². The summed E-state index contributed by atoms with van der Waals surface area (Å²) in [5.41, 5.74) is 1.67. The fourth-order valence-corrected chi connectivity index (χ4v) is 2.83. The van der Waals surface area contributed by atoms with Gasteiger partial charge in [0.2, 0.25) is 0 Å². The van der Waals surface area contributed by atoms with Gasteiger partial charge in [0.15, 0.2) is 0 Å². The van der Waals surface area contributed by atoms with Crippen molar-refractivity contribution < 1.29 is 17.8 Å². The lowest BCUT2D eigenvalue weighted by Gasteiger charge is -2.11. The van der Waals surface area contributed by atoms with Crippen LogP contribution in [-0.4, -0.2) is 33.9 Å². The summed E-state index contributed by atoms with van der Waals surface area (Å²) < 4.78 is 34.8. The number of nitrogens with zero attached hydrogens (tertiary/aromatic N) is 3. The van der Waals surface area contributed by atoms with Crippen molar-refractivity contribution in [2.75, 3.05) is 0 Å². The van der Waals surface area contributed by atoms with Gasteiger partial charge in [0.05, 0.1) is 16.0 Å². The highest BCUT2D eigenvalue weighted by molar-refractivity contribution is 7.85. The van der Waals surface area contributed by atoms with Crippen molar-refractivity contribution in [2.24, 2.45) is 0 Å². The fraction of sp³-hybridized carbons (Fsp3) is 0.0714. The highest BCUT2D eigenvalue weighted by atomic mass is 32.2. The van der Waals surface area contributed by atoms with Crippen LogP contribution in [0.1, 0.15) is 15.9 Å². The molecule has 0 fully saturated rings. The number of fused-ring (bicyclic) bond motifs is 1. The monoisotopic (exact) mass is 316 g/mol. The van der Waals surface area contributed by atoms with Crippen molar-refractivity contribution in [1.82, 2.24) is 15.0 Å². The maximum absolute atomic E-state index is 12.5. The number of aromatic nitrogens is 3. The normalized spacial score (nSPS) is 11.7. The van der Waals surface area contributed by atoms with Crippen molar-refractivity contribution in [2.45, 2.75) is 11.8 Å². The van der Waals surface area contributed by atoms with Crippen LogP contribution in [0.25, 0.3) is 11.0 Å². The summed E-state index contributed by atoms with van der Waals surface area (Å²) in [4.78, 5) is 12.0. The molecule has 0 aliphatic heterocycles. The zero-order chi connectivity index (χ0) is 15.9. The molecule has 0 saturated carbocycles. The Balaban J connectivity index is 2.19. The predicted molar refractivity (Wildman–Crippen MR) is 76.4 cm³/mol. The minimum atomic E-state index is -4.76. The summed E-state index contributed by atoms with van der Waals surface area (Å²) in [5.74, 6) is -0.721. The van der Waals surface area contributed by atoms with E-state index in [1.54, 1.807) is 18.2 Å². The minimum absolute atomic E-state index is 0.232. The molecule has 22 heavy (non-hydrogen) atoms. The Labute approximate surface area is 125 Å². The van der Waals surface area contributed by atoms with Crippen LogP contribution in [0.15, 0.2) is 47.4 Å². The second kappa shape index (κ2) is 5.00. The van der Waals surface area contributed by atoms with Crippen LogP contribution in [0, 0.1) is 6.92 Å². The first-order chi connectivity index (χ1) is 10.4. The Morgan fingerprint density at radius 3 is 2.64 bits per heavy atom. The molecular weight excluding hydrogens is 306 g/mol. The van der Waals surface area contributed by atoms with Crippen LogP contribution in [-0.2, 0) is 10.1 Å². The van der Waals surface area contributed by atoms with E-state index in [1.807, 2.05) is 6.92 Å². The van der Waals surface area contributed by atoms with Crippen molar-refractivity contribution in [3.05, 3.63) is 53.6 Å². The molecule has 1 heterocycles. The van der Waals surface area contributed by atoms with Gasteiger partial charge < -0.3 is 4.55 Å². The summed E-state index contributed by atoms with van der Waals surface area (Å²) in [7, 11) is -4.76. The van der Waals surface area contributed by atoms with Crippen LogP contribution in [0.4, 0.5) is 0 Å². The van der Waals surface area contributed by atoms with Crippen LogP contribution in [0.5, 0.6) is 0 Å². The first-order valence-corrected chi connectivity index (χ1v) is 7.70. The Bertz CT molecular complexity index is 992. The number of aryl methyl sites for hydroxylation is 1. The molecule has 0 amide bonds. The van der Waals surface area contributed by atoms with E-state index in [0.717, 1.165) is 16.3 Å². The standard InChI is InChI=1S/C14H11N3O4S/c1-9-6-7-12-11(8-9)15-16-17(12)14(18)10-4-2-3-5-13(10)22(19,20)21/h2-8H,1H3,(H,19,20,21)/p-1. The number of carbonyl (C=O) groups excluding carboxylic acids is 1. The van der Waals surface area contributed by atoms with E-state index >= 15 is 0 Å². The second-order valence-electron chi connectivity index (χ2n) is 4.75. The third-order valence-corrected chi connectivity index (χ3v) is 4.07. The summed E-state index contributed by atoms with van der Waals surface area (Å²) in [6.07, 6.45) is 0. The van der Waals surface area contributed by atoms with Crippen molar-refractivity contribution in [1.29, 1.82) is 0 Å². The molecule has 0 atom stereocenters. The Morgan fingerprint density at radius 2 is 1.91 bits per heavy atom. The maximum atomic E-state index is 12.5. The molecule has 0 N–H and O–H groups in total.